The number of hydrogen-bond acceptors (Lipinski definition) is 9. The number of nitrogens with zero attached hydrogens (tertiary/aromatic N) is 4. The summed E-state index contributed by atoms with van der Waals surface area (Å²) in [6.07, 6.45) is 1.34. The van der Waals surface area contributed by atoms with E-state index in [1.54, 1.807) is 4.90 Å². The molecule has 0 aromatic carbocycles. The summed E-state index contributed by atoms with van der Waals surface area (Å²) >= 11 is 0. The second-order valence-corrected chi connectivity index (χ2v) is 18.3. The van der Waals surface area contributed by atoms with Crippen LogP contribution in [0, 0.1) is 23.7 Å². The highest BCUT2D eigenvalue weighted by atomic mass is 16.3. The zero-order valence-corrected chi connectivity index (χ0v) is 37.6. The molecule has 8 amide bonds. The number of piperidine rings is 1. The highest BCUT2D eigenvalue weighted by Crippen LogP contribution is 2.19. The van der Waals surface area contributed by atoms with E-state index in [-0.39, 0.29) is 49.4 Å². The summed E-state index contributed by atoms with van der Waals surface area (Å²) < 4.78 is 0. The van der Waals surface area contributed by atoms with Crippen molar-refractivity contribution >= 4 is 47.3 Å². The Morgan fingerprint density at radius 1 is 0.593 bits per heavy atom. The maximum Gasteiger partial charge on any atom is 0.248 e. The Bertz CT molecular complexity index is 1480. The summed E-state index contributed by atoms with van der Waals surface area (Å²) in [6, 6.07) is -7.24. The molecule has 0 aromatic heterocycles. The molecule has 2 saturated heterocycles. The fourth-order valence-electron chi connectivity index (χ4n) is 7.61. The van der Waals surface area contributed by atoms with E-state index >= 15 is 0 Å². The van der Waals surface area contributed by atoms with E-state index in [1.165, 1.54) is 33.0 Å². The van der Waals surface area contributed by atoms with Gasteiger partial charge in [0.15, 0.2) is 0 Å². The maximum atomic E-state index is 14.5. The minimum atomic E-state index is -1.49. The maximum absolute atomic E-state index is 14.5. The normalized spacial score (nSPS) is 26.4. The average Bonchev–Trinajstić information content (AvgIpc) is 3.14. The molecular formula is C42H74N8O9. The molecular weight excluding hydrogens is 761 g/mol. The highest BCUT2D eigenvalue weighted by molar-refractivity contribution is 5.98. The Labute approximate surface area is 351 Å². The van der Waals surface area contributed by atoms with Crippen LogP contribution in [0.15, 0.2) is 0 Å². The average molecular weight is 835 g/mol. The highest BCUT2D eigenvalue weighted by Gasteiger charge is 2.40. The number of carbonyl (C=O) groups excluding carboxylic acids is 8. The van der Waals surface area contributed by atoms with Crippen LogP contribution in [0.2, 0.25) is 0 Å². The van der Waals surface area contributed by atoms with Gasteiger partial charge in [-0.3, -0.25) is 38.4 Å². The molecule has 5 N–H and O–H groups in total. The van der Waals surface area contributed by atoms with Gasteiger partial charge in [0.2, 0.25) is 47.3 Å². The Balaban J connectivity index is 2.77. The largest absolute Gasteiger partial charge is 0.391 e. The third-order valence-electron chi connectivity index (χ3n) is 10.8. The van der Waals surface area contributed by atoms with Crippen molar-refractivity contribution in [3.63, 3.8) is 0 Å². The van der Waals surface area contributed by atoms with Crippen LogP contribution in [0.4, 0.5) is 0 Å². The number of likely N-dealkylation sites (N-methyl/N-ethyl adjacent to an activating group) is 3. The lowest BCUT2D eigenvalue weighted by atomic mass is 9.96. The Morgan fingerprint density at radius 3 is 1.53 bits per heavy atom. The van der Waals surface area contributed by atoms with Gasteiger partial charge in [-0.25, -0.2) is 0 Å². The van der Waals surface area contributed by atoms with E-state index in [9.17, 15) is 43.5 Å². The zero-order chi connectivity index (χ0) is 44.9. The van der Waals surface area contributed by atoms with Gasteiger partial charge in [-0.15, -0.1) is 0 Å². The molecule has 0 bridgehead atoms. The fraction of sp³-hybridized carbons (Fsp3) is 0.810. The first kappa shape index (κ1) is 50.9. The second kappa shape index (κ2) is 23.5. The number of aliphatic hydroxyl groups is 1. The summed E-state index contributed by atoms with van der Waals surface area (Å²) in [5, 5.41) is 21.6. The minimum absolute atomic E-state index is 0.0799. The summed E-state index contributed by atoms with van der Waals surface area (Å²) in [5.74, 6) is -5.46. The van der Waals surface area contributed by atoms with Crippen LogP contribution >= 0.6 is 0 Å². The van der Waals surface area contributed by atoms with Crippen molar-refractivity contribution in [1.82, 2.24) is 40.9 Å². The van der Waals surface area contributed by atoms with Crippen LogP contribution < -0.4 is 21.3 Å². The topological polar surface area (TPSA) is 218 Å². The molecule has 7 atom stereocenters. The number of amides is 8. The zero-order valence-electron chi connectivity index (χ0n) is 37.6. The molecule has 0 radical (unpaired) electrons. The monoisotopic (exact) mass is 835 g/mol. The summed E-state index contributed by atoms with van der Waals surface area (Å²) in [4.78, 5) is 117. The molecule has 2 heterocycles. The van der Waals surface area contributed by atoms with Crippen molar-refractivity contribution in [3.05, 3.63) is 0 Å². The minimum Gasteiger partial charge on any atom is -0.391 e. The molecule has 0 aliphatic carbocycles. The summed E-state index contributed by atoms with van der Waals surface area (Å²) in [7, 11) is 4.23. The van der Waals surface area contributed by atoms with Crippen LogP contribution in [0.3, 0.4) is 0 Å². The van der Waals surface area contributed by atoms with Gasteiger partial charge >= 0.3 is 0 Å². The lowest BCUT2D eigenvalue weighted by Crippen LogP contribution is -2.61. The van der Waals surface area contributed by atoms with Crippen molar-refractivity contribution in [3.8, 4) is 0 Å². The molecule has 2 aliphatic heterocycles. The van der Waals surface area contributed by atoms with Crippen LogP contribution in [-0.2, 0) is 38.4 Å². The van der Waals surface area contributed by atoms with Gasteiger partial charge in [0.25, 0.3) is 0 Å². The fourth-order valence-corrected chi connectivity index (χ4v) is 7.61. The van der Waals surface area contributed by atoms with Crippen molar-refractivity contribution in [1.29, 1.82) is 0 Å². The lowest BCUT2D eigenvalue weighted by molar-refractivity contribution is -0.147. The first-order valence-corrected chi connectivity index (χ1v) is 21.4. The lowest BCUT2D eigenvalue weighted by Gasteiger charge is -2.36. The molecule has 17 nitrogen and oxygen atoms in total. The van der Waals surface area contributed by atoms with E-state index in [1.807, 2.05) is 55.4 Å². The molecule has 0 unspecified atom stereocenters. The molecule has 0 saturated carbocycles. The van der Waals surface area contributed by atoms with Crippen LogP contribution in [0.1, 0.15) is 114 Å². The van der Waals surface area contributed by atoms with Crippen molar-refractivity contribution in [2.45, 2.75) is 156 Å². The number of aliphatic hydroxyl groups excluding tert-OH is 1. The quantitative estimate of drug-likeness (QED) is 0.212. The number of rotatable bonds is 10. The standard InChI is InChI=1S/C42H74N8O9/c1-24(2)18-29-39(56)47(10)23-35(53)46-36(28(9)51)42(59)49(12)33(21-27(7)8)38(55)44-30(19-25(3)4)40(57)48(11)32(20-26(5)6)37(54)45-31(22-34(52)43-29)41(58)50-16-14-13-15-17-50/h24-33,36,51H,13-23H2,1-12H3,(H,43,52)(H,44,55)(H,45,54)(H,46,53)/t28-,29+,30+,31+,32+,33+,36+/m1/s1. The van der Waals surface area contributed by atoms with E-state index in [0.717, 1.165) is 29.1 Å². The number of hydrogen-bond donors (Lipinski definition) is 5. The summed E-state index contributed by atoms with van der Waals surface area (Å²) in [5.41, 5.74) is 0. The van der Waals surface area contributed by atoms with Crippen LogP contribution in [0.5, 0.6) is 0 Å². The van der Waals surface area contributed by atoms with Crippen LogP contribution in [-0.4, -0.2) is 155 Å². The van der Waals surface area contributed by atoms with E-state index in [4.69, 9.17) is 0 Å². The van der Waals surface area contributed by atoms with E-state index in [0.29, 0.717) is 13.1 Å². The van der Waals surface area contributed by atoms with E-state index < -0.39 is 103 Å². The molecule has 59 heavy (non-hydrogen) atoms. The van der Waals surface area contributed by atoms with Gasteiger partial charge in [0.1, 0.15) is 36.3 Å². The van der Waals surface area contributed by atoms with Crippen molar-refractivity contribution < 1.29 is 43.5 Å². The van der Waals surface area contributed by atoms with Gasteiger partial charge in [-0.2, -0.15) is 0 Å². The first-order valence-electron chi connectivity index (χ1n) is 21.4. The molecule has 2 rings (SSSR count). The predicted octanol–water partition coefficient (Wildman–Crippen LogP) is 1.02. The molecule has 2 fully saturated rings. The molecule has 0 spiro atoms. The second-order valence-electron chi connectivity index (χ2n) is 18.3. The molecule has 336 valence electrons. The third kappa shape index (κ3) is 15.7. The number of carbonyl (C=O) groups is 8. The Morgan fingerprint density at radius 2 is 1.05 bits per heavy atom. The van der Waals surface area contributed by atoms with Crippen molar-refractivity contribution in [2.24, 2.45) is 23.7 Å². The van der Waals surface area contributed by atoms with E-state index in [2.05, 4.69) is 21.3 Å². The smallest absolute Gasteiger partial charge is 0.248 e. The van der Waals surface area contributed by atoms with Gasteiger partial charge in [0.05, 0.1) is 19.1 Å². The van der Waals surface area contributed by atoms with Crippen LogP contribution in [0.25, 0.3) is 0 Å². The molecule has 0 aromatic rings. The Hall–Kier alpha value is -4.28. The predicted molar refractivity (Wildman–Crippen MR) is 223 cm³/mol. The SMILES string of the molecule is CC(C)C[C@@H]1NC(=O)C[C@@H](C(=O)N2CCCCC2)NC(=O)[C@H](CC(C)C)N(C)C(=O)[C@H](CC(C)C)NC(=O)[C@H](CC(C)C)N(C)C(=O)[C@H]([C@@H](C)O)NC(=O)CN(C)C1=O. The molecule has 17 heteroatoms. The number of likely N-dealkylation sites (tertiary alicyclic amines) is 1. The van der Waals surface area contributed by atoms with Crippen molar-refractivity contribution in [2.75, 3.05) is 40.8 Å². The van der Waals surface area contributed by atoms with Gasteiger partial charge in [-0.05, 0) is 75.5 Å². The summed E-state index contributed by atoms with van der Waals surface area (Å²) in [6.45, 7) is 16.7. The van der Waals surface area contributed by atoms with Gasteiger partial charge < -0.3 is 46.0 Å². The molecule has 2 aliphatic rings. The van der Waals surface area contributed by atoms with Gasteiger partial charge in [0, 0.05) is 34.2 Å². The third-order valence-corrected chi connectivity index (χ3v) is 10.8. The Kier molecular flexibility index (Phi) is 20.3. The van der Waals surface area contributed by atoms with Gasteiger partial charge in [-0.1, -0.05) is 55.4 Å². The number of nitrogens with one attached hydrogen (secondary N) is 4. The first-order chi connectivity index (χ1) is 27.4.